The Hall–Kier alpha value is -0.160. The summed E-state index contributed by atoms with van der Waals surface area (Å²) in [5.41, 5.74) is 12.5. The zero-order valence-electron chi connectivity index (χ0n) is 7.78. The highest BCUT2D eigenvalue weighted by Crippen LogP contribution is 2.31. The first-order valence-corrected chi connectivity index (χ1v) is 6.37. The van der Waals surface area contributed by atoms with Crippen molar-refractivity contribution >= 4 is 23.5 Å². The lowest BCUT2D eigenvalue weighted by Crippen LogP contribution is -2.21. The molecule has 0 amide bonds. The molecule has 0 aromatic heterocycles. The van der Waals surface area contributed by atoms with Crippen LogP contribution < -0.4 is 11.5 Å². The third-order valence-corrected chi connectivity index (χ3v) is 3.39. The first kappa shape index (κ1) is 10.9. The molecule has 0 unspecified atom stereocenters. The molecule has 0 bridgehead atoms. The predicted molar refractivity (Wildman–Crippen MR) is 61.1 cm³/mol. The van der Waals surface area contributed by atoms with Crippen LogP contribution in [0.3, 0.4) is 0 Å². The summed E-state index contributed by atoms with van der Waals surface area (Å²) in [7, 11) is 0. The van der Waals surface area contributed by atoms with Gasteiger partial charge in [0.15, 0.2) is 0 Å². The van der Waals surface area contributed by atoms with Crippen molar-refractivity contribution in [3.8, 4) is 0 Å². The molecule has 0 aliphatic carbocycles. The summed E-state index contributed by atoms with van der Waals surface area (Å²) in [4.78, 5) is 2.34. The van der Waals surface area contributed by atoms with Crippen molar-refractivity contribution in [3.05, 3.63) is 23.8 Å². The van der Waals surface area contributed by atoms with Gasteiger partial charge in [-0.25, -0.2) is 0 Å². The minimum absolute atomic E-state index is 0.383. The van der Waals surface area contributed by atoms with Gasteiger partial charge in [-0.2, -0.15) is 0 Å². The Bertz CT molecular complexity index is 265. The lowest BCUT2D eigenvalue weighted by Gasteiger charge is -2.14. The molecule has 4 N–H and O–H groups in total. The molecule has 0 aliphatic rings. The van der Waals surface area contributed by atoms with Gasteiger partial charge in [-0.1, -0.05) is 6.07 Å². The summed E-state index contributed by atoms with van der Waals surface area (Å²) < 4.78 is 0. The predicted octanol–water partition coefficient (Wildman–Crippen LogP) is 2.05. The van der Waals surface area contributed by atoms with Crippen LogP contribution in [-0.2, 0) is 0 Å². The van der Waals surface area contributed by atoms with Crippen LogP contribution in [0.5, 0.6) is 0 Å². The van der Waals surface area contributed by atoms with E-state index in [0.717, 1.165) is 5.56 Å². The first-order valence-electron chi connectivity index (χ1n) is 3.92. The van der Waals surface area contributed by atoms with E-state index in [-0.39, 0.29) is 6.17 Å². The summed E-state index contributed by atoms with van der Waals surface area (Å²) in [6.45, 7) is 0. The first-order chi connectivity index (χ1) is 6.20. The fourth-order valence-corrected chi connectivity index (χ4v) is 2.63. The monoisotopic (exact) mass is 214 g/mol. The maximum absolute atomic E-state index is 5.72. The van der Waals surface area contributed by atoms with E-state index in [9.17, 15) is 0 Å². The zero-order chi connectivity index (χ0) is 9.84. The van der Waals surface area contributed by atoms with Crippen molar-refractivity contribution < 1.29 is 0 Å². The maximum Gasteiger partial charge on any atom is 0.0806 e. The van der Waals surface area contributed by atoms with Crippen molar-refractivity contribution in [1.82, 2.24) is 0 Å². The van der Waals surface area contributed by atoms with Crippen LogP contribution in [-0.4, -0.2) is 12.5 Å². The normalized spacial score (nSPS) is 10.8. The van der Waals surface area contributed by atoms with E-state index >= 15 is 0 Å². The Kier molecular flexibility index (Phi) is 4.12. The van der Waals surface area contributed by atoms with Crippen molar-refractivity contribution in [2.75, 3.05) is 12.5 Å². The van der Waals surface area contributed by atoms with Gasteiger partial charge < -0.3 is 11.5 Å². The van der Waals surface area contributed by atoms with E-state index in [0.29, 0.717) is 0 Å². The average molecular weight is 214 g/mol. The number of nitrogens with two attached hydrogens (primary N) is 2. The molecule has 0 heterocycles. The summed E-state index contributed by atoms with van der Waals surface area (Å²) in [6, 6.07) is 6.13. The molecule has 13 heavy (non-hydrogen) atoms. The fourth-order valence-electron chi connectivity index (χ4n) is 1.21. The van der Waals surface area contributed by atoms with Crippen LogP contribution in [0.2, 0.25) is 0 Å². The van der Waals surface area contributed by atoms with Gasteiger partial charge in [0.05, 0.1) is 6.17 Å². The van der Waals surface area contributed by atoms with Crippen molar-refractivity contribution in [2.45, 2.75) is 16.0 Å². The quantitative estimate of drug-likeness (QED) is 0.597. The number of benzene rings is 1. The molecule has 4 heteroatoms. The third-order valence-electron chi connectivity index (χ3n) is 1.80. The number of hydrogen-bond acceptors (Lipinski definition) is 4. The number of hydrogen-bond donors (Lipinski definition) is 2. The van der Waals surface area contributed by atoms with Gasteiger partial charge in [0.25, 0.3) is 0 Å². The van der Waals surface area contributed by atoms with E-state index in [2.05, 4.69) is 0 Å². The molecule has 1 aromatic carbocycles. The summed E-state index contributed by atoms with van der Waals surface area (Å²) in [5, 5.41) is 0. The van der Waals surface area contributed by atoms with Crippen LogP contribution in [0.4, 0.5) is 0 Å². The Balaban J connectivity index is 3.21. The molecule has 0 radical (unpaired) electrons. The minimum atomic E-state index is -0.383. The van der Waals surface area contributed by atoms with Crippen LogP contribution in [0.25, 0.3) is 0 Å². The second-order valence-corrected chi connectivity index (χ2v) is 4.30. The van der Waals surface area contributed by atoms with E-state index in [4.69, 9.17) is 11.5 Å². The topological polar surface area (TPSA) is 52.0 Å². The molecule has 72 valence electrons. The minimum Gasteiger partial charge on any atom is -0.312 e. The van der Waals surface area contributed by atoms with E-state index in [1.807, 2.05) is 30.7 Å². The lowest BCUT2D eigenvalue weighted by molar-refractivity contribution is 0.736. The van der Waals surface area contributed by atoms with Crippen LogP contribution >= 0.6 is 23.5 Å². The second-order valence-electron chi connectivity index (χ2n) is 2.60. The lowest BCUT2D eigenvalue weighted by atomic mass is 10.2. The molecule has 2 nitrogen and oxygen atoms in total. The Morgan fingerprint density at radius 2 is 1.54 bits per heavy atom. The molecule has 0 atom stereocenters. The van der Waals surface area contributed by atoms with Crippen LogP contribution in [0.1, 0.15) is 11.7 Å². The molecule has 0 fully saturated rings. The van der Waals surface area contributed by atoms with Crippen molar-refractivity contribution in [2.24, 2.45) is 11.5 Å². The highest BCUT2D eigenvalue weighted by molar-refractivity contribution is 7.99. The molecule has 1 aromatic rings. The average Bonchev–Trinajstić information content (AvgIpc) is 2.16. The van der Waals surface area contributed by atoms with Gasteiger partial charge in [-0.15, -0.1) is 23.5 Å². The zero-order valence-corrected chi connectivity index (χ0v) is 9.41. The molecule has 0 saturated carbocycles. The smallest absolute Gasteiger partial charge is 0.0806 e. The maximum atomic E-state index is 5.72. The molecule has 0 aliphatic heterocycles. The third kappa shape index (κ3) is 2.40. The Labute approximate surface area is 87.5 Å². The Morgan fingerprint density at radius 1 is 1.08 bits per heavy atom. The number of thioether (sulfide) groups is 2. The Morgan fingerprint density at radius 3 is 1.85 bits per heavy atom. The summed E-state index contributed by atoms with van der Waals surface area (Å²) >= 11 is 3.36. The summed E-state index contributed by atoms with van der Waals surface area (Å²) in [5.74, 6) is 0. The highest BCUT2D eigenvalue weighted by Gasteiger charge is 2.10. The number of rotatable bonds is 3. The molecular formula is C9H14N2S2. The highest BCUT2D eigenvalue weighted by atomic mass is 32.2. The van der Waals surface area contributed by atoms with Crippen molar-refractivity contribution in [3.63, 3.8) is 0 Å². The van der Waals surface area contributed by atoms with Gasteiger partial charge in [0.1, 0.15) is 0 Å². The van der Waals surface area contributed by atoms with Gasteiger partial charge in [0, 0.05) is 15.4 Å². The molecular weight excluding hydrogens is 200 g/mol. The summed E-state index contributed by atoms with van der Waals surface area (Å²) in [6.07, 6.45) is 3.68. The fraction of sp³-hybridized carbons (Fsp3) is 0.333. The SMILES string of the molecule is CSc1cccc(SC)c1C(N)N. The van der Waals surface area contributed by atoms with Gasteiger partial charge in [-0.3, -0.25) is 0 Å². The van der Waals surface area contributed by atoms with Crippen molar-refractivity contribution in [1.29, 1.82) is 0 Å². The standard InChI is InChI=1S/C9H14N2S2/c1-12-6-4-3-5-7(13-2)8(6)9(10)11/h3-5,9H,10-11H2,1-2H3. The molecule has 1 rings (SSSR count). The molecule has 0 spiro atoms. The van der Waals surface area contributed by atoms with Crippen LogP contribution in [0, 0.1) is 0 Å². The van der Waals surface area contributed by atoms with Gasteiger partial charge in [0.2, 0.25) is 0 Å². The van der Waals surface area contributed by atoms with Crippen LogP contribution in [0.15, 0.2) is 28.0 Å². The van der Waals surface area contributed by atoms with Gasteiger partial charge in [-0.05, 0) is 24.6 Å². The largest absolute Gasteiger partial charge is 0.312 e. The molecule has 0 saturated heterocycles. The van der Waals surface area contributed by atoms with E-state index in [1.54, 1.807) is 23.5 Å². The van der Waals surface area contributed by atoms with Gasteiger partial charge >= 0.3 is 0 Å². The second kappa shape index (κ2) is 4.91. The van der Waals surface area contributed by atoms with E-state index < -0.39 is 0 Å². The van der Waals surface area contributed by atoms with E-state index in [1.165, 1.54) is 9.79 Å².